The van der Waals surface area contributed by atoms with Crippen LogP contribution in [0.3, 0.4) is 0 Å². The second kappa shape index (κ2) is 7.16. The molecule has 3 nitrogen and oxygen atoms in total. The number of hydrogen-bond acceptors (Lipinski definition) is 3. The second-order valence-electron chi connectivity index (χ2n) is 5.75. The molecule has 0 radical (unpaired) electrons. The summed E-state index contributed by atoms with van der Waals surface area (Å²) in [6.45, 7) is 3.90. The molecule has 0 aromatic heterocycles. The Bertz CT molecular complexity index is 419. The SMILES string of the molecule is CC(CCc1ccccc1F)NCC1(O)CCOCC1. The largest absolute Gasteiger partial charge is 0.388 e. The van der Waals surface area contributed by atoms with E-state index >= 15 is 0 Å². The molecule has 1 unspecified atom stereocenters. The predicted octanol–water partition coefficient (Wildman–Crippen LogP) is 2.28. The molecule has 1 saturated heterocycles. The predicted molar refractivity (Wildman–Crippen MR) is 77.2 cm³/mol. The molecule has 2 N–H and O–H groups in total. The first-order valence-corrected chi connectivity index (χ1v) is 7.36. The molecule has 2 rings (SSSR count). The van der Waals surface area contributed by atoms with Crippen molar-refractivity contribution in [3.63, 3.8) is 0 Å². The highest BCUT2D eigenvalue weighted by Gasteiger charge is 2.29. The van der Waals surface area contributed by atoms with Gasteiger partial charge in [0.05, 0.1) is 5.60 Å². The van der Waals surface area contributed by atoms with E-state index in [0.29, 0.717) is 39.0 Å². The van der Waals surface area contributed by atoms with Gasteiger partial charge in [-0.3, -0.25) is 0 Å². The lowest BCUT2D eigenvalue weighted by Gasteiger charge is -2.33. The van der Waals surface area contributed by atoms with Crippen molar-refractivity contribution in [1.29, 1.82) is 0 Å². The Morgan fingerprint density at radius 3 is 2.75 bits per heavy atom. The zero-order chi connectivity index (χ0) is 14.4. The van der Waals surface area contributed by atoms with Crippen LogP contribution in [0, 0.1) is 5.82 Å². The molecule has 0 amide bonds. The van der Waals surface area contributed by atoms with E-state index in [1.165, 1.54) is 6.07 Å². The van der Waals surface area contributed by atoms with Gasteiger partial charge in [-0.25, -0.2) is 4.39 Å². The van der Waals surface area contributed by atoms with Crippen LogP contribution in [0.1, 0.15) is 31.7 Å². The topological polar surface area (TPSA) is 41.5 Å². The van der Waals surface area contributed by atoms with Crippen LogP contribution >= 0.6 is 0 Å². The smallest absolute Gasteiger partial charge is 0.126 e. The molecular formula is C16H24FNO2. The van der Waals surface area contributed by atoms with Gasteiger partial charge in [-0.2, -0.15) is 0 Å². The van der Waals surface area contributed by atoms with E-state index < -0.39 is 5.60 Å². The van der Waals surface area contributed by atoms with E-state index in [-0.39, 0.29) is 11.9 Å². The van der Waals surface area contributed by atoms with Gasteiger partial charge in [0.2, 0.25) is 0 Å². The summed E-state index contributed by atoms with van der Waals surface area (Å²) in [5, 5.41) is 13.7. The number of hydrogen-bond donors (Lipinski definition) is 2. The molecule has 0 aliphatic carbocycles. The highest BCUT2D eigenvalue weighted by atomic mass is 19.1. The summed E-state index contributed by atoms with van der Waals surface area (Å²) in [5.74, 6) is -0.136. The van der Waals surface area contributed by atoms with E-state index in [1.807, 2.05) is 12.1 Å². The van der Waals surface area contributed by atoms with Gasteiger partial charge in [0.25, 0.3) is 0 Å². The third-order valence-electron chi connectivity index (χ3n) is 4.01. The average molecular weight is 281 g/mol. The zero-order valence-electron chi connectivity index (χ0n) is 12.1. The van der Waals surface area contributed by atoms with Crippen LogP contribution in [0.15, 0.2) is 24.3 Å². The van der Waals surface area contributed by atoms with Crippen molar-refractivity contribution in [3.05, 3.63) is 35.6 Å². The van der Waals surface area contributed by atoms with Crippen LogP contribution in [-0.4, -0.2) is 36.5 Å². The molecule has 20 heavy (non-hydrogen) atoms. The van der Waals surface area contributed by atoms with Crippen molar-refractivity contribution in [2.75, 3.05) is 19.8 Å². The monoisotopic (exact) mass is 281 g/mol. The first-order valence-electron chi connectivity index (χ1n) is 7.36. The molecule has 1 atom stereocenters. The van der Waals surface area contributed by atoms with Crippen molar-refractivity contribution >= 4 is 0 Å². The Balaban J connectivity index is 1.73. The lowest BCUT2D eigenvalue weighted by molar-refractivity contribution is -0.0626. The molecule has 0 spiro atoms. The quantitative estimate of drug-likeness (QED) is 0.840. The van der Waals surface area contributed by atoms with Gasteiger partial charge in [0.15, 0.2) is 0 Å². The van der Waals surface area contributed by atoms with Crippen LogP contribution in [0.5, 0.6) is 0 Å². The van der Waals surface area contributed by atoms with E-state index in [9.17, 15) is 9.50 Å². The number of aryl methyl sites for hydroxylation is 1. The molecule has 4 heteroatoms. The Hall–Kier alpha value is -0.970. The number of ether oxygens (including phenoxy) is 1. The molecule has 1 aliphatic heterocycles. The maximum absolute atomic E-state index is 13.5. The Labute approximate surface area is 120 Å². The van der Waals surface area contributed by atoms with Crippen LogP contribution in [0.2, 0.25) is 0 Å². The van der Waals surface area contributed by atoms with Crippen LogP contribution < -0.4 is 5.32 Å². The van der Waals surface area contributed by atoms with E-state index in [2.05, 4.69) is 12.2 Å². The van der Waals surface area contributed by atoms with Gasteiger partial charge in [-0.05, 0) is 31.4 Å². The number of rotatable bonds is 6. The maximum Gasteiger partial charge on any atom is 0.126 e. The molecule has 1 aliphatic rings. The summed E-state index contributed by atoms with van der Waals surface area (Å²) in [5.41, 5.74) is 0.107. The molecule has 1 fully saturated rings. The van der Waals surface area contributed by atoms with Gasteiger partial charge < -0.3 is 15.2 Å². The molecule has 1 heterocycles. The molecular weight excluding hydrogens is 257 g/mol. The summed E-state index contributed by atoms with van der Waals surface area (Å²) in [7, 11) is 0. The number of halogens is 1. The fourth-order valence-electron chi connectivity index (χ4n) is 2.47. The van der Waals surface area contributed by atoms with Crippen LogP contribution in [0.4, 0.5) is 4.39 Å². The fourth-order valence-corrected chi connectivity index (χ4v) is 2.47. The van der Waals surface area contributed by atoms with Crippen molar-refractivity contribution in [2.45, 2.75) is 44.2 Å². The third-order valence-corrected chi connectivity index (χ3v) is 4.01. The third kappa shape index (κ3) is 4.54. The normalized spacial score (nSPS) is 19.8. The van der Waals surface area contributed by atoms with Crippen LogP contribution in [-0.2, 0) is 11.2 Å². The van der Waals surface area contributed by atoms with Gasteiger partial charge >= 0.3 is 0 Å². The highest BCUT2D eigenvalue weighted by molar-refractivity contribution is 5.17. The van der Waals surface area contributed by atoms with Crippen molar-refractivity contribution in [1.82, 2.24) is 5.32 Å². The van der Waals surface area contributed by atoms with E-state index in [0.717, 1.165) is 12.0 Å². The Morgan fingerprint density at radius 1 is 1.35 bits per heavy atom. The number of benzene rings is 1. The molecule has 1 aromatic rings. The summed E-state index contributed by atoms with van der Waals surface area (Å²) in [4.78, 5) is 0. The number of nitrogens with one attached hydrogen (secondary N) is 1. The second-order valence-corrected chi connectivity index (χ2v) is 5.75. The van der Waals surface area contributed by atoms with Gasteiger partial charge in [-0.1, -0.05) is 18.2 Å². The highest BCUT2D eigenvalue weighted by Crippen LogP contribution is 2.19. The van der Waals surface area contributed by atoms with Gasteiger partial charge in [0.1, 0.15) is 5.82 Å². The summed E-state index contributed by atoms with van der Waals surface area (Å²) in [6.07, 6.45) is 2.93. The summed E-state index contributed by atoms with van der Waals surface area (Å²) in [6, 6.07) is 7.15. The van der Waals surface area contributed by atoms with Crippen LogP contribution in [0.25, 0.3) is 0 Å². The fraction of sp³-hybridized carbons (Fsp3) is 0.625. The lowest BCUT2D eigenvalue weighted by Crippen LogP contribution is -2.47. The zero-order valence-corrected chi connectivity index (χ0v) is 12.1. The van der Waals surface area contributed by atoms with Gasteiger partial charge in [-0.15, -0.1) is 0 Å². The minimum Gasteiger partial charge on any atom is -0.388 e. The van der Waals surface area contributed by atoms with Gasteiger partial charge in [0, 0.05) is 38.6 Å². The average Bonchev–Trinajstić information content (AvgIpc) is 2.45. The lowest BCUT2D eigenvalue weighted by atomic mass is 9.94. The standard InChI is InChI=1S/C16H24FNO2/c1-13(6-7-14-4-2-3-5-15(14)17)18-12-16(19)8-10-20-11-9-16/h2-5,13,18-19H,6-12H2,1H3. The molecule has 1 aromatic carbocycles. The summed E-state index contributed by atoms with van der Waals surface area (Å²) < 4.78 is 18.8. The minimum absolute atomic E-state index is 0.136. The van der Waals surface area contributed by atoms with Crippen molar-refractivity contribution in [2.24, 2.45) is 0 Å². The summed E-state index contributed by atoms with van der Waals surface area (Å²) >= 11 is 0. The minimum atomic E-state index is -0.648. The van der Waals surface area contributed by atoms with Crippen molar-refractivity contribution in [3.8, 4) is 0 Å². The molecule has 0 saturated carbocycles. The van der Waals surface area contributed by atoms with E-state index in [1.54, 1.807) is 6.07 Å². The number of aliphatic hydroxyl groups is 1. The first kappa shape index (κ1) is 15.4. The Morgan fingerprint density at radius 2 is 2.05 bits per heavy atom. The van der Waals surface area contributed by atoms with Crippen molar-refractivity contribution < 1.29 is 14.2 Å². The maximum atomic E-state index is 13.5. The first-order chi connectivity index (χ1) is 9.59. The van der Waals surface area contributed by atoms with E-state index in [4.69, 9.17) is 4.74 Å². The Kier molecular flexibility index (Phi) is 5.52. The molecule has 0 bridgehead atoms. The molecule has 112 valence electrons.